The molecule has 3 aromatic rings. The van der Waals surface area contributed by atoms with E-state index in [9.17, 15) is 0 Å². The van der Waals surface area contributed by atoms with E-state index in [0.717, 1.165) is 23.3 Å². The Balaban J connectivity index is 1.84. The quantitative estimate of drug-likeness (QED) is 0.493. The molecule has 0 unspecified atom stereocenters. The minimum absolute atomic E-state index is 0.411. The third kappa shape index (κ3) is 4.35. The lowest BCUT2D eigenvalue weighted by atomic mass is 10.2. The summed E-state index contributed by atoms with van der Waals surface area (Å²) in [5, 5.41) is 12.1. The number of nitrogens with one attached hydrogen (secondary N) is 1. The van der Waals surface area contributed by atoms with Crippen molar-refractivity contribution >= 4 is 30.0 Å². The smallest absolute Gasteiger partial charge is 0.216 e. The van der Waals surface area contributed by atoms with E-state index in [1.165, 1.54) is 0 Å². The molecule has 2 aromatic carbocycles. The monoisotopic (exact) mass is 372 g/mol. The summed E-state index contributed by atoms with van der Waals surface area (Å²) in [5.74, 6) is 1.45. The molecular weight excluding hydrogens is 356 g/mol. The van der Waals surface area contributed by atoms with Crippen LogP contribution in [-0.2, 0) is 0 Å². The van der Waals surface area contributed by atoms with Crippen LogP contribution in [0.5, 0.6) is 5.75 Å². The van der Waals surface area contributed by atoms with Crippen LogP contribution in [0.1, 0.15) is 18.9 Å². The number of hydrogen-bond donors (Lipinski definition) is 1. The molecule has 0 saturated carbocycles. The fourth-order valence-corrected chi connectivity index (χ4v) is 2.58. The van der Waals surface area contributed by atoms with Gasteiger partial charge in [-0.05, 0) is 60.6 Å². The lowest BCUT2D eigenvalue weighted by Gasteiger charge is -2.04. The number of ether oxygens (including phenoxy) is 1. The van der Waals surface area contributed by atoms with Crippen LogP contribution in [0.15, 0.2) is 53.6 Å². The van der Waals surface area contributed by atoms with E-state index < -0.39 is 0 Å². The van der Waals surface area contributed by atoms with E-state index in [4.69, 9.17) is 28.6 Å². The summed E-state index contributed by atoms with van der Waals surface area (Å²) in [7, 11) is 0. The molecule has 0 bridgehead atoms. The molecule has 128 valence electrons. The molecule has 0 atom stereocenters. The van der Waals surface area contributed by atoms with Crippen molar-refractivity contribution in [2.75, 3.05) is 6.61 Å². The summed E-state index contributed by atoms with van der Waals surface area (Å²) in [6.45, 7) is 2.79. The van der Waals surface area contributed by atoms with Crippen molar-refractivity contribution < 1.29 is 4.74 Å². The van der Waals surface area contributed by atoms with Gasteiger partial charge in [-0.2, -0.15) is 14.9 Å². The van der Waals surface area contributed by atoms with E-state index in [0.29, 0.717) is 22.2 Å². The highest BCUT2D eigenvalue weighted by Gasteiger charge is 2.08. The number of rotatable bonds is 6. The molecule has 1 N–H and O–H groups in total. The largest absolute Gasteiger partial charge is 0.494 e. The Bertz CT molecular complexity index is 931. The maximum atomic E-state index is 6.05. The minimum atomic E-state index is 0.411. The van der Waals surface area contributed by atoms with Gasteiger partial charge in [0.2, 0.25) is 4.77 Å². The van der Waals surface area contributed by atoms with Gasteiger partial charge in [-0.1, -0.05) is 30.7 Å². The minimum Gasteiger partial charge on any atom is -0.494 e. The molecule has 0 aliphatic rings. The van der Waals surface area contributed by atoms with Gasteiger partial charge in [-0.15, -0.1) is 0 Å². The first-order valence-corrected chi connectivity index (χ1v) is 8.66. The number of halogens is 1. The number of aromatic nitrogens is 3. The molecule has 0 aliphatic heterocycles. The SMILES string of the molecule is CCCOc1ccc(/C=N\n2c(-c3cccc(Cl)c3)n[nH]c2=S)cc1. The summed E-state index contributed by atoms with van der Waals surface area (Å²) in [4.78, 5) is 0. The molecule has 0 aliphatic carbocycles. The molecule has 3 rings (SSSR count). The maximum Gasteiger partial charge on any atom is 0.216 e. The average molecular weight is 373 g/mol. The van der Waals surface area contributed by atoms with Gasteiger partial charge in [0.15, 0.2) is 5.82 Å². The normalized spacial score (nSPS) is 11.1. The average Bonchev–Trinajstić information content (AvgIpc) is 3.00. The van der Waals surface area contributed by atoms with E-state index in [1.807, 2.05) is 48.5 Å². The van der Waals surface area contributed by atoms with Crippen LogP contribution in [-0.4, -0.2) is 27.7 Å². The van der Waals surface area contributed by atoms with Gasteiger partial charge in [0, 0.05) is 10.6 Å². The highest BCUT2D eigenvalue weighted by molar-refractivity contribution is 7.71. The van der Waals surface area contributed by atoms with E-state index in [2.05, 4.69) is 22.2 Å². The van der Waals surface area contributed by atoms with Crippen molar-refractivity contribution in [3.8, 4) is 17.1 Å². The predicted octanol–water partition coefficient (Wildman–Crippen LogP) is 4.93. The van der Waals surface area contributed by atoms with Crippen LogP contribution in [0.4, 0.5) is 0 Å². The van der Waals surface area contributed by atoms with Crippen LogP contribution in [0.3, 0.4) is 0 Å². The number of benzene rings is 2. The van der Waals surface area contributed by atoms with Gasteiger partial charge in [0.1, 0.15) is 5.75 Å². The van der Waals surface area contributed by atoms with Crippen molar-refractivity contribution in [2.24, 2.45) is 5.10 Å². The van der Waals surface area contributed by atoms with Gasteiger partial charge in [0.05, 0.1) is 12.8 Å². The molecule has 1 aromatic heterocycles. The summed E-state index contributed by atoms with van der Waals surface area (Å²) in [6.07, 6.45) is 2.71. The predicted molar refractivity (Wildman–Crippen MR) is 103 cm³/mol. The summed E-state index contributed by atoms with van der Waals surface area (Å²) in [5.41, 5.74) is 1.77. The zero-order valence-corrected chi connectivity index (χ0v) is 15.2. The van der Waals surface area contributed by atoms with Gasteiger partial charge < -0.3 is 4.74 Å². The zero-order chi connectivity index (χ0) is 17.6. The summed E-state index contributed by atoms with van der Waals surface area (Å²) >= 11 is 11.3. The van der Waals surface area contributed by atoms with Gasteiger partial charge in [-0.25, -0.2) is 5.10 Å². The zero-order valence-electron chi connectivity index (χ0n) is 13.6. The van der Waals surface area contributed by atoms with Crippen LogP contribution < -0.4 is 4.74 Å². The Morgan fingerprint density at radius 1 is 1.28 bits per heavy atom. The molecular formula is C18H17ClN4OS. The van der Waals surface area contributed by atoms with E-state index in [-0.39, 0.29) is 0 Å². The molecule has 0 spiro atoms. The summed E-state index contributed by atoms with van der Waals surface area (Å²) < 4.78 is 7.56. The van der Waals surface area contributed by atoms with E-state index in [1.54, 1.807) is 10.9 Å². The highest BCUT2D eigenvalue weighted by atomic mass is 35.5. The Morgan fingerprint density at radius 3 is 2.80 bits per heavy atom. The van der Waals surface area contributed by atoms with Crippen molar-refractivity contribution in [3.05, 3.63) is 63.9 Å². The Morgan fingerprint density at radius 2 is 2.08 bits per heavy atom. The van der Waals surface area contributed by atoms with Crippen molar-refractivity contribution in [2.45, 2.75) is 13.3 Å². The Kier molecular flexibility index (Phi) is 5.63. The first kappa shape index (κ1) is 17.4. The van der Waals surface area contributed by atoms with Crippen LogP contribution in [0.25, 0.3) is 11.4 Å². The van der Waals surface area contributed by atoms with Gasteiger partial charge in [-0.3, -0.25) is 0 Å². The van der Waals surface area contributed by atoms with Crippen molar-refractivity contribution in [3.63, 3.8) is 0 Å². The highest BCUT2D eigenvalue weighted by Crippen LogP contribution is 2.21. The molecule has 1 heterocycles. The fraction of sp³-hybridized carbons (Fsp3) is 0.167. The second kappa shape index (κ2) is 8.09. The lowest BCUT2D eigenvalue weighted by molar-refractivity contribution is 0.317. The number of hydrogen-bond acceptors (Lipinski definition) is 4. The molecule has 0 radical (unpaired) electrons. The van der Waals surface area contributed by atoms with Crippen LogP contribution in [0.2, 0.25) is 5.02 Å². The first-order chi connectivity index (χ1) is 12.2. The van der Waals surface area contributed by atoms with Crippen LogP contribution >= 0.6 is 23.8 Å². The molecule has 25 heavy (non-hydrogen) atoms. The molecule has 0 saturated heterocycles. The first-order valence-electron chi connectivity index (χ1n) is 7.88. The lowest BCUT2D eigenvalue weighted by Crippen LogP contribution is -1.96. The molecule has 7 heteroatoms. The molecule has 0 amide bonds. The Hall–Kier alpha value is -2.44. The second-order valence-corrected chi connectivity index (χ2v) is 6.16. The third-order valence-corrected chi connectivity index (χ3v) is 3.91. The number of H-pyrrole nitrogens is 1. The standard InChI is InChI=1S/C18H17ClN4OS/c1-2-10-24-16-8-6-13(7-9-16)12-20-23-17(21-22-18(23)25)14-4-3-5-15(19)11-14/h3-9,11-12H,2,10H2,1H3,(H,22,25)/b20-12-. The number of aromatic amines is 1. The second-order valence-electron chi connectivity index (χ2n) is 5.34. The number of nitrogens with zero attached hydrogens (tertiary/aromatic N) is 3. The maximum absolute atomic E-state index is 6.05. The summed E-state index contributed by atoms with van der Waals surface area (Å²) in [6, 6.07) is 15.1. The van der Waals surface area contributed by atoms with Crippen molar-refractivity contribution in [1.29, 1.82) is 0 Å². The molecule has 5 nitrogen and oxygen atoms in total. The van der Waals surface area contributed by atoms with Crippen molar-refractivity contribution in [1.82, 2.24) is 14.9 Å². The molecule has 0 fully saturated rings. The van der Waals surface area contributed by atoms with Crippen LogP contribution in [0, 0.1) is 4.77 Å². The van der Waals surface area contributed by atoms with Gasteiger partial charge >= 0.3 is 0 Å². The van der Waals surface area contributed by atoms with E-state index >= 15 is 0 Å². The van der Waals surface area contributed by atoms with Gasteiger partial charge in [0.25, 0.3) is 0 Å². The fourth-order valence-electron chi connectivity index (χ4n) is 2.21. The Labute approximate surface area is 155 Å². The third-order valence-electron chi connectivity index (χ3n) is 3.41. The topological polar surface area (TPSA) is 55.2 Å².